The molecule has 2 rings (SSSR count). The van der Waals surface area contributed by atoms with E-state index in [0.717, 1.165) is 4.31 Å². The minimum Gasteiger partial charge on any atom is -0.465 e. The Labute approximate surface area is 141 Å². The zero-order valence-corrected chi connectivity index (χ0v) is 14.1. The molecule has 0 bridgehead atoms. The quantitative estimate of drug-likeness (QED) is 0.614. The summed E-state index contributed by atoms with van der Waals surface area (Å²) in [5.41, 5.74) is 1.06. The fourth-order valence-electron chi connectivity index (χ4n) is 2.28. The highest BCUT2D eigenvalue weighted by atomic mass is 32.2. The van der Waals surface area contributed by atoms with Crippen LogP contribution in [0.4, 0.5) is 5.69 Å². The summed E-state index contributed by atoms with van der Waals surface area (Å²) in [6.07, 6.45) is 0. The van der Waals surface area contributed by atoms with Crippen LogP contribution in [0.2, 0.25) is 0 Å². The van der Waals surface area contributed by atoms with Gasteiger partial charge in [0.05, 0.1) is 29.3 Å². The molecule has 7 heteroatoms. The van der Waals surface area contributed by atoms with E-state index in [0.29, 0.717) is 11.3 Å². The summed E-state index contributed by atoms with van der Waals surface area (Å²) in [5, 5.41) is 9.01. The smallest absolute Gasteiger partial charge is 0.337 e. The highest BCUT2D eigenvalue weighted by Gasteiger charge is 2.26. The molecule has 0 aliphatic heterocycles. The summed E-state index contributed by atoms with van der Waals surface area (Å²) in [6, 6.07) is 14.5. The van der Waals surface area contributed by atoms with Crippen LogP contribution in [0.3, 0.4) is 0 Å². The lowest BCUT2D eigenvalue weighted by Crippen LogP contribution is -2.32. The van der Waals surface area contributed by atoms with Gasteiger partial charge in [0.15, 0.2) is 0 Å². The molecule has 2 aromatic carbocycles. The number of anilines is 1. The largest absolute Gasteiger partial charge is 0.465 e. The molecule has 6 nitrogen and oxygen atoms in total. The molecule has 0 atom stereocenters. The summed E-state index contributed by atoms with van der Waals surface area (Å²) in [4.78, 5) is 11.6. The number of carbonyl (C=O) groups excluding carboxylic acids is 1. The van der Waals surface area contributed by atoms with Crippen LogP contribution < -0.4 is 4.31 Å². The number of rotatable bonds is 5. The molecular formula is C17H16N2O4S. The number of hydrogen-bond donors (Lipinski definition) is 0. The van der Waals surface area contributed by atoms with E-state index in [1.165, 1.54) is 25.3 Å². The van der Waals surface area contributed by atoms with Gasteiger partial charge in [0.25, 0.3) is 10.0 Å². The molecule has 0 spiro atoms. The van der Waals surface area contributed by atoms with Crippen LogP contribution >= 0.6 is 0 Å². The number of para-hydroxylation sites is 1. The summed E-state index contributed by atoms with van der Waals surface area (Å²) in [5.74, 6) is -0.543. The van der Waals surface area contributed by atoms with Gasteiger partial charge in [-0.3, -0.25) is 4.31 Å². The van der Waals surface area contributed by atoms with E-state index >= 15 is 0 Å². The van der Waals surface area contributed by atoms with E-state index < -0.39 is 16.0 Å². The van der Waals surface area contributed by atoms with Gasteiger partial charge >= 0.3 is 5.97 Å². The number of esters is 1. The SMILES string of the molecule is COC(=O)c1ccc(S(=O)(=O)N(CC#N)c2ccccc2)c(C)c1. The zero-order chi connectivity index (χ0) is 17.7. The van der Waals surface area contributed by atoms with Crippen LogP contribution in [0.1, 0.15) is 15.9 Å². The molecule has 24 heavy (non-hydrogen) atoms. The number of benzene rings is 2. The first-order chi connectivity index (χ1) is 11.4. The third-order valence-electron chi connectivity index (χ3n) is 3.42. The lowest BCUT2D eigenvalue weighted by atomic mass is 10.1. The van der Waals surface area contributed by atoms with Crippen molar-refractivity contribution in [3.8, 4) is 6.07 Å². The first-order valence-electron chi connectivity index (χ1n) is 7.05. The van der Waals surface area contributed by atoms with Crippen molar-refractivity contribution in [2.24, 2.45) is 0 Å². The first-order valence-corrected chi connectivity index (χ1v) is 8.49. The van der Waals surface area contributed by atoms with Gasteiger partial charge in [-0.1, -0.05) is 18.2 Å². The van der Waals surface area contributed by atoms with E-state index in [4.69, 9.17) is 5.26 Å². The van der Waals surface area contributed by atoms with Gasteiger partial charge in [0, 0.05) is 0 Å². The van der Waals surface area contributed by atoms with E-state index in [2.05, 4.69) is 4.74 Å². The molecule has 0 aliphatic carbocycles. The van der Waals surface area contributed by atoms with Crippen LogP contribution in [0, 0.1) is 18.3 Å². The van der Waals surface area contributed by atoms with Crippen LogP contribution in [0.25, 0.3) is 0 Å². The predicted molar refractivity (Wildman–Crippen MR) is 89.1 cm³/mol. The zero-order valence-electron chi connectivity index (χ0n) is 13.3. The third-order valence-corrected chi connectivity index (χ3v) is 5.36. The van der Waals surface area contributed by atoms with Gasteiger partial charge in [-0.25, -0.2) is 13.2 Å². The van der Waals surface area contributed by atoms with Crippen LogP contribution in [-0.4, -0.2) is 28.0 Å². The van der Waals surface area contributed by atoms with Gasteiger partial charge in [0.2, 0.25) is 0 Å². The molecule has 0 amide bonds. The molecule has 124 valence electrons. The number of hydrogen-bond acceptors (Lipinski definition) is 5. The summed E-state index contributed by atoms with van der Waals surface area (Å²) >= 11 is 0. The van der Waals surface area contributed by atoms with Crippen LogP contribution in [0.5, 0.6) is 0 Å². The van der Waals surface area contributed by atoms with E-state index in [-0.39, 0.29) is 17.0 Å². The predicted octanol–water partition coefficient (Wildman–Crippen LogP) is 2.50. The molecule has 2 aromatic rings. The molecule has 0 saturated heterocycles. The van der Waals surface area contributed by atoms with Gasteiger partial charge < -0.3 is 4.74 Å². The number of ether oxygens (including phenoxy) is 1. The molecule has 0 saturated carbocycles. The Morgan fingerprint density at radius 1 is 1.21 bits per heavy atom. The topological polar surface area (TPSA) is 87.5 Å². The Hall–Kier alpha value is -2.85. The molecule has 0 aromatic heterocycles. The minimum absolute atomic E-state index is 0.0363. The number of aryl methyl sites for hydroxylation is 1. The molecule has 0 fully saturated rings. The van der Waals surface area contributed by atoms with Crippen molar-refractivity contribution < 1.29 is 17.9 Å². The Kier molecular flexibility index (Phi) is 5.21. The second-order valence-corrected chi connectivity index (χ2v) is 6.81. The van der Waals surface area contributed by atoms with E-state index in [1.807, 2.05) is 6.07 Å². The number of methoxy groups -OCH3 is 1. The summed E-state index contributed by atoms with van der Waals surface area (Å²) in [7, 11) is -2.68. The monoisotopic (exact) mass is 344 g/mol. The molecule has 0 heterocycles. The van der Waals surface area contributed by atoms with Gasteiger partial charge in [-0.05, 0) is 42.8 Å². The molecule has 0 aliphatic rings. The van der Waals surface area contributed by atoms with Crippen LogP contribution in [0.15, 0.2) is 53.4 Å². The van der Waals surface area contributed by atoms with Crippen molar-refractivity contribution in [3.63, 3.8) is 0 Å². The van der Waals surface area contributed by atoms with E-state index in [1.54, 1.807) is 37.3 Å². The molecule has 0 radical (unpaired) electrons. The normalized spacial score (nSPS) is 10.7. The second-order valence-electron chi connectivity index (χ2n) is 4.98. The molecular weight excluding hydrogens is 328 g/mol. The van der Waals surface area contributed by atoms with E-state index in [9.17, 15) is 13.2 Å². The Morgan fingerprint density at radius 3 is 2.42 bits per heavy atom. The third kappa shape index (κ3) is 3.39. The Morgan fingerprint density at radius 2 is 1.88 bits per heavy atom. The summed E-state index contributed by atoms with van der Waals surface area (Å²) in [6.45, 7) is 1.28. The number of sulfonamides is 1. The maximum absolute atomic E-state index is 13.0. The average Bonchev–Trinajstić information content (AvgIpc) is 2.59. The Bertz CT molecular complexity index is 887. The standard InChI is InChI=1S/C17H16N2O4S/c1-13-12-14(17(20)23-2)8-9-16(13)24(21,22)19(11-10-18)15-6-4-3-5-7-15/h3-9,12H,11H2,1-2H3. The molecule has 0 N–H and O–H groups in total. The Balaban J connectivity index is 2.52. The van der Waals surface area contributed by atoms with Crippen molar-refractivity contribution in [2.45, 2.75) is 11.8 Å². The maximum Gasteiger partial charge on any atom is 0.337 e. The highest BCUT2D eigenvalue weighted by molar-refractivity contribution is 7.92. The van der Waals surface area contributed by atoms with Crippen molar-refractivity contribution in [3.05, 3.63) is 59.7 Å². The number of nitrogens with zero attached hydrogens (tertiary/aromatic N) is 2. The number of nitriles is 1. The van der Waals surface area contributed by atoms with Crippen molar-refractivity contribution >= 4 is 21.7 Å². The van der Waals surface area contributed by atoms with Gasteiger partial charge in [0.1, 0.15) is 6.54 Å². The first kappa shape index (κ1) is 17.5. The molecule has 0 unspecified atom stereocenters. The fourth-order valence-corrected chi connectivity index (χ4v) is 3.85. The summed E-state index contributed by atoms with van der Waals surface area (Å²) < 4.78 is 31.6. The second kappa shape index (κ2) is 7.15. The van der Waals surface area contributed by atoms with Crippen molar-refractivity contribution in [2.75, 3.05) is 18.0 Å². The lowest BCUT2D eigenvalue weighted by Gasteiger charge is -2.22. The number of carbonyl (C=O) groups is 1. The highest BCUT2D eigenvalue weighted by Crippen LogP contribution is 2.26. The maximum atomic E-state index is 13.0. The van der Waals surface area contributed by atoms with Crippen molar-refractivity contribution in [1.29, 1.82) is 5.26 Å². The van der Waals surface area contributed by atoms with Gasteiger partial charge in [-0.15, -0.1) is 0 Å². The average molecular weight is 344 g/mol. The van der Waals surface area contributed by atoms with Crippen molar-refractivity contribution in [1.82, 2.24) is 0 Å². The van der Waals surface area contributed by atoms with Gasteiger partial charge in [-0.2, -0.15) is 5.26 Å². The minimum atomic E-state index is -3.94. The lowest BCUT2D eigenvalue weighted by molar-refractivity contribution is 0.0600. The van der Waals surface area contributed by atoms with Crippen LogP contribution in [-0.2, 0) is 14.8 Å². The fraction of sp³-hybridized carbons (Fsp3) is 0.176.